The molecule has 0 saturated carbocycles. The average molecular weight is 467 g/mol. The van der Waals surface area contributed by atoms with Gasteiger partial charge in [-0.25, -0.2) is 4.79 Å². The predicted molar refractivity (Wildman–Crippen MR) is 133 cm³/mol. The van der Waals surface area contributed by atoms with Crippen LogP contribution in [0.15, 0.2) is 40.5 Å². The SMILES string of the molecule is CCCCCCCCCCOC(=O)C1=C(C)N=C(C)C(C(=O)OCC)C1c1ccccc1C#N. The summed E-state index contributed by atoms with van der Waals surface area (Å²) >= 11 is 0. The number of carbonyl (C=O) groups excluding carboxylic acids is 2. The zero-order valence-electron chi connectivity index (χ0n) is 21.1. The normalized spacial score (nSPS) is 17.7. The van der Waals surface area contributed by atoms with E-state index in [9.17, 15) is 14.9 Å². The van der Waals surface area contributed by atoms with Crippen LogP contribution in [0.5, 0.6) is 0 Å². The van der Waals surface area contributed by atoms with E-state index in [2.05, 4.69) is 18.0 Å². The number of unbranched alkanes of at least 4 members (excludes halogenated alkanes) is 7. The number of esters is 2. The molecule has 2 atom stereocenters. The van der Waals surface area contributed by atoms with Crippen LogP contribution in [0.2, 0.25) is 0 Å². The van der Waals surface area contributed by atoms with Crippen molar-refractivity contribution in [3.05, 3.63) is 46.7 Å². The maximum atomic E-state index is 13.2. The van der Waals surface area contributed by atoms with Crippen molar-refractivity contribution in [2.45, 2.75) is 85.0 Å². The van der Waals surface area contributed by atoms with Gasteiger partial charge in [0.1, 0.15) is 5.92 Å². The highest BCUT2D eigenvalue weighted by Crippen LogP contribution is 2.41. The van der Waals surface area contributed by atoms with Crippen molar-refractivity contribution >= 4 is 17.7 Å². The molecule has 0 spiro atoms. The number of allylic oxidation sites excluding steroid dienone is 1. The van der Waals surface area contributed by atoms with E-state index in [1.165, 1.54) is 32.1 Å². The Morgan fingerprint density at radius 2 is 1.62 bits per heavy atom. The van der Waals surface area contributed by atoms with Gasteiger partial charge in [-0.15, -0.1) is 0 Å². The van der Waals surface area contributed by atoms with Crippen LogP contribution in [0.3, 0.4) is 0 Å². The maximum absolute atomic E-state index is 13.2. The lowest BCUT2D eigenvalue weighted by Crippen LogP contribution is -2.37. The molecule has 2 rings (SSSR count). The van der Waals surface area contributed by atoms with Gasteiger partial charge in [0.25, 0.3) is 0 Å². The van der Waals surface area contributed by atoms with Crippen LogP contribution >= 0.6 is 0 Å². The first-order chi connectivity index (χ1) is 16.5. The zero-order chi connectivity index (χ0) is 24.9. The third-order valence-electron chi connectivity index (χ3n) is 6.24. The third kappa shape index (κ3) is 7.28. The quantitative estimate of drug-likeness (QED) is 0.253. The summed E-state index contributed by atoms with van der Waals surface area (Å²) in [6.07, 6.45) is 9.23. The molecule has 0 radical (unpaired) electrons. The number of aliphatic imine (C=N–C) groups is 1. The van der Waals surface area contributed by atoms with Crippen LogP contribution in [-0.2, 0) is 19.1 Å². The highest BCUT2D eigenvalue weighted by Gasteiger charge is 2.43. The fourth-order valence-corrected chi connectivity index (χ4v) is 4.52. The number of hydrogen-bond acceptors (Lipinski definition) is 6. The Morgan fingerprint density at radius 3 is 2.26 bits per heavy atom. The number of carbonyl (C=O) groups is 2. The Bertz CT molecular complexity index is 942. The second kappa shape index (κ2) is 14.3. The van der Waals surface area contributed by atoms with E-state index in [-0.39, 0.29) is 6.61 Å². The van der Waals surface area contributed by atoms with Crippen LogP contribution in [0, 0.1) is 17.2 Å². The molecule has 0 amide bonds. The topological polar surface area (TPSA) is 88.8 Å². The van der Waals surface area contributed by atoms with Crippen molar-refractivity contribution in [2.75, 3.05) is 13.2 Å². The Morgan fingerprint density at radius 1 is 0.971 bits per heavy atom. The van der Waals surface area contributed by atoms with E-state index >= 15 is 0 Å². The molecule has 0 saturated heterocycles. The van der Waals surface area contributed by atoms with Gasteiger partial charge in [0.2, 0.25) is 0 Å². The number of nitriles is 1. The van der Waals surface area contributed by atoms with Crippen LogP contribution in [0.25, 0.3) is 0 Å². The first kappa shape index (κ1) is 27.3. The standard InChI is InChI=1S/C28H38N2O4/c1-5-7-8-9-10-11-12-15-18-34-28(32)25-21(4)30-20(3)24(27(31)33-6-2)26(25)23-17-14-13-16-22(23)19-29/h13-14,16-17,24,26H,5-12,15,18H2,1-4H3. The van der Waals surface area contributed by atoms with Crippen molar-refractivity contribution in [3.63, 3.8) is 0 Å². The highest BCUT2D eigenvalue weighted by atomic mass is 16.5. The van der Waals surface area contributed by atoms with Crippen molar-refractivity contribution in [2.24, 2.45) is 10.9 Å². The molecule has 1 heterocycles. The molecule has 6 nitrogen and oxygen atoms in total. The second-order valence-electron chi connectivity index (χ2n) is 8.77. The number of ether oxygens (including phenoxy) is 2. The maximum Gasteiger partial charge on any atom is 0.336 e. The Labute approximate surface area is 204 Å². The van der Waals surface area contributed by atoms with Crippen LogP contribution in [0.1, 0.15) is 96.1 Å². The molecular weight excluding hydrogens is 428 g/mol. The molecule has 1 aromatic rings. The molecule has 0 aliphatic carbocycles. The van der Waals surface area contributed by atoms with Crippen LogP contribution in [-0.4, -0.2) is 30.9 Å². The van der Waals surface area contributed by atoms with Gasteiger partial charge in [0.15, 0.2) is 0 Å². The van der Waals surface area contributed by atoms with Crippen LogP contribution < -0.4 is 0 Å². The Kier molecular flexibility index (Phi) is 11.5. The Balaban J connectivity index is 2.18. The first-order valence-corrected chi connectivity index (χ1v) is 12.5. The van der Waals surface area contributed by atoms with E-state index < -0.39 is 23.8 Å². The van der Waals surface area contributed by atoms with Gasteiger partial charge in [-0.05, 0) is 38.8 Å². The number of benzene rings is 1. The molecule has 184 valence electrons. The monoisotopic (exact) mass is 466 g/mol. The molecule has 0 fully saturated rings. The second-order valence-corrected chi connectivity index (χ2v) is 8.77. The summed E-state index contributed by atoms with van der Waals surface area (Å²) in [6.45, 7) is 8.00. The summed E-state index contributed by atoms with van der Waals surface area (Å²) in [4.78, 5) is 30.7. The molecule has 0 aromatic heterocycles. The zero-order valence-corrected chi connectivity index (χ0v) is 21.1. The largest absolute Gasteiger partial charge is 0.465 e. The lowest BCUT2D eigenvalue weighted by molar-refractivity contribution is -0.146. The fourth-order valence-electron chi connectivity index (χ4n) is 4.52. The van der Waals surface area contributed by atoms with Crippen LogP contribution in [0.4, 0.5) is 0 Å². The number of hydrogen-bond donors (Lipinski definition) is 0. The van der Waals surface area contributed by atoms with E-state index in [4.69, 9.17) is 9.47 Å². The summed E-state index contributed by atoms with van der Waals surface area (Å²) in [5.41, 5.74) is 2.42. The van der Waals surface area contributed by atoms with Gasteiger partial charge in [-0.3, -0.25) is 9.79 Å². The van der Waals surface area contributed by atoms with E-state index in [0.717, 1.165) is 19.3 Å². The van der Waals surface area contributed by atoms with Gasteiger partial charge >= 0.3 is 11.9 Å². The molecule has 1 aliphatic heterocycles. The summed E-state index contributed by atoms with van der Waals surface area (Å²) in [6, 6.07) is 9.24. The highest BCUT2D eigenvalue weighted by molar-refractivity contribution is 6.07. The average Bonchev–Trinajstić information content (AvgIpc) is 2.82. The number of nitrogens with zero attached hydrogens (tertiary/aromatic N) is 2. The van der Waals surface area contributed by atoms with Crippen molar-refractivity contribution in [1.82, 2.24) is 0 Å². The van der Waals surface area contributed by atoms with Gasteiger partial charge in [0.05, 0.1) is 30.4 Å². The minimum atomic E-state index is -0.788. The van der Waals surface area contributed by atoms with Gasteiger partial charge in [-0.2, -0.15) is 5.26 Å². The Hall–Kier alpha value is -2.94. The molecule has 0 bridgehead atoms. The van der Waals surface area contributed by atoms with E-state index in [1.807, 2.05) is 0 Å². The summed E-state index contributed by atoms with van der Waals surface area (Å²) in [5.74, 6) is -2.41. The minimum absolute atomic E-state index is 0.218. The fraction of sp³-hybridized carbons (Fsp3) is 0.571. The van der Waals surface area contributed by atoms with Crippen molar-refractivity contribution < 1.29 is 19.1 Å². The molecule has 34 heavy (non-hydrogen) atoms. The summed E-state index contributed by atoms with van der Waals surface area (Å²) in [5, 5.41) is 9.70. The number of rotatable bonds is 13. The predicted octanol–water partition coefficient (Wildman–Crippen LogP) is 6.25. The van der Waals surface area contributed by atoms with E-state index in [1.54, 1.807) is 45.0 Å². The minimum Gasteiger partial charge on any atom is -0.465 e. The van der Waals surface area contributed by atoms with Crippen molar-refractivity contribution in [1.29, 1.82) is 5.26 Å². The lowest BCUT2D eigenvalue weighted by Gasteiger charge is -2.32. The molecule has 1 aromatic carbocycles. The summed E-state index contributed by atoms with van der Waals surface area (Å²) < 4.78 is 11.0. The molecular formula is C28H38N2O4. The lowest BCUT2D eigenvalue weighted by atomic mass is 9.74. The molecule has 6 heteroatoms. The van der Waals surface area contributed by atoms with Gasteiger partial charge < -0.3 is 9.47 Å². The molecule has 1 aliphatic rings. The van der Waals surface area contributed by atoms with Gasteiger partial charge in [-0.1, -0.05) is 70.1 Å². The first-order valence-electron chi connectivity index (χ1n) is 12.5. The molecule has 0 N–H and O–H groups in total. The third-order valence-corrected chi connectivity index (χ3v) is 6.24. The summed E-state index contributed by atoms with van der Waals surface area (Å²) in [7, 11) is 0. The van der Waals surface area contributed by atoms with Crippen molar-refractivity contribution in [3.8, 4) is 6.07 Å². The smallest absolute Gasteiger partial charge is 0.336 e. The van der Waals surface area contributed by atoms with Gasteiger partial charge in [0, 0.05) is 17.3 Å². The molecule has 2 unspecified atom stereocenters. The van der Waals surface area contributed by atoms with E-state index in [0.29, 0.717) is 34.7 Å².